The van der Waals surface area contributed by atoms with Crippen LogP contribution in [0, 0.1) is 17.1 Å². The van der Waals surface area contributed by atoms with E-state index in [0.29, 0.717) is 16.7 Å². The lowest BCUT2D eigenvalue weighted by molar-refractivity contribution is 0.627. The van der Waals surface area contributed by atoms with Crippen molar-refractivity contribution in [3.8, 4) is 6.07 Å². The zero-order valence-electron chi connectivity index (χ0n) is 9.27. The van der Waals surface area contributed by atoms with Crippen LogP contribution >= 0.6 is 11.6 Å². The molecule has 2 rings (SSSR count). The van der Waals surface area contributed by atoms with Crippen LogP contribution in [0.25, 0.3) is 10.6 Å². The molecular formula is C14H8ClFN2. The summed E-state index contributed by atoms with van der Waals surface area (Å²) in [5, 5.41) is 9.40. The molecule has 1 aromatic heterocycles. The second-order valence-corrected chi connectivity index (χ2v) is 3.92. The van der Waals surface area contributed by atoms with E-state index < -0.39 is 5.82 Å². The number of hydrogen-bond donors (Lipinski definition) is 0. The number of hydrogen-bond acceptors (Lipinski definition) is 2. The van der Waals surface area contributed by atoms with Gasteiger partial charge in [-0.3, -0.25) is 4.98 Å². The van der Waals surface area contributed by atoms with Gasteiger partial charge in [0, 0.05) is 12.4 Å². The lowest BCUT2D eigenvalue weighted by atomic mass is 10.0. The number of nitrogens with zero attached hydrogens (tertiary/aromatic N) is 2. The van der Waals surface area contributed by atoms with Crippen LogP contribution < -0.4 is 0 Å². The van der Waals surface area contributed by atoms with Crippen molar-refractivity contribution in [1.82, 2.24) is 4.98 Å². The van der Waals surface area contributed by atoms with Crippen molar-refractivity contribution in [2.45, 2.75) is 0 Å². The molecule has 0 spiro atoms. The highest BCUT2D eigenvalue weighted by atomic mass is 35.5. The Hall–Kier alpha value is -2.18. The monoisotopic (exact) mass is 258 g/mol. The summed E-state index contributed by atoms with van der Waals surface area (Å²) in [6, 6.07) is 11.2. The lowest BCUT2D eigenvalue weighted by Gasteiger charge is -2.04. The van der Waals surface area contributed by atoms with E-state index in [0.717, 1.165) is 0 Å². The highest BCUT2D eigenvalue weighted by molar-refractivity contribution is 6.53. The third-order valence-corrected chi connectivity index (χ3v) is 2.79. The van der Waals surface area contributed by atoms with E-state index in [1.807, 2.05) is 6.07 Å². The van der Waals surface area contributed by atoms with Crippen LogP contribution in [0.4, 0.5) is 4.39 Å². The molecule has 0 saturated carbocycles. The van der Waals surface area contributed by atoms with Crippen molar-refractivity contribution in [1.29, 1.82) is 5.26 Å². The molecule has 0 aliphatic carbocycles. The van der Waals surface area contributed by atoms with E-state index in [9.17, 15) is 9.65 Å². The van der Waals surface area contributed by atoms with Crippen LogP contribution in [0.3, 0.4) is 0 Å². The predicted octanol–water partition coefficient (Wildman–Crippen LogP) is 3.85. The maximum atomic E-state index is 13.1. The summed E-state index contributed by atoms with van der Waals surface area (Å²) in [5.74, 6) is -0.391. The fourth-order valence-corrected chi connectivity index (χ4v) is 1.80. The maximum absolute atomic E-state index is 13.1. The van der Waals surface area contributed by atoms with E-state index in [-0.39, 0.29) is 5.03 Å². The summed E-state index contributed by atoms with van der Waals surface area (Å²) in [6.45, 7) is 0. The summed E-state index contributed by atoms with van der Waals surface area (Å²) in [5.41, 5.74) is 1.43. The third-order valence-electron chi connectivity index (χ3n) is 2.38. The number of halogens is 2. The molecule has 4 heteroatoms. The highest BCUT2D eigenvalue weighted by Crippen LogP contribution is 2.29. The van der Waals surface area contributed by atoms with Crippen molar-refractivity contribution in [3.05, 3.63) is 65.7 Å². The first-order chi connectivity index (χ1) is 8.72. The SMILES string of the molecule is N#C/C(=C(\Cl)c1cccc(F)c1)c1ccncc1. The Morgan fingerprint density at radius 1 is 1.17 bits per heavy atom. The lowest BCUT2D eigenvalue weighted by Crippen LogP contribution is -1.87. The van der Waals surface area contributed by atoms with Crippen LogP contribution in [0.2, 0.25) is 0 Å². The molecule has 0 saturated heterocycles. The Bertz CT molecular complexity index is 630. The van der Waals surface area contributed by atoms with Gasteiger partial charge in [-0.25, -0.2) is 4.39 Å². The fourth-order valence-electron chi connectivity index (χ4n) is 1.53. The molecule has 2 nitrogen and oxygen atoms in total. The van der Waals surface area contributed by atoms with E-state index in [4.69, 9.17) is 11.6 Å². The Labute approximate surface area is 109 Å². The summed E-state index contributed by atoms with van der Waals surface area (Å²) in [6.07, 6.45) is 3.14. The standard InChI is InChI=1S/C14H8ClFN2/c15-14(11-2-1-3-12(16)8-11)13(9-17)10-4-6-18-7-5-10/h1-8H/b14-13+. The minimum absolute atomic E-state index is 0.225. The molecule has 1 aromatic carbocycles. The molecule has 1 heterocycles. The van der Waals surface area contributed by atoms with Gasteiger partial charge in [-0.2, -0.15) is 5.26 Å². The van der Waals surface area contributed by atoms with Crippen LogP contribution in [-0.4, -0.2) is 4.98 Å². The number of pyridine rings is 1. The first-order valence-electron chi connectivity index (χ1n) is 5.18. The first kappa shape index (κ1) is 12.3. The molecule has 0 fully saturated rings. The van der Waals surface area contributed by atoms with E-state index in [1.54, 1.807) is 36.7 Å². The first-order valence-corrected chi connectivity index (χ1v) is 5.56. The van der Waals surface area contributed by atoms with E-state index >= 15 is 0 Å². The molecule has 0 amide bonds. The molecule has 0 unspecified atom stereocenters. The summed E-state index contributed by atoms with van der Waals surface area (Å²) in [7, 11) is 0. The molecular weight excluding hydrogens is 251 g/mol. The second kappa shape index (κ2) is 5.44. The third kappa shape index (κ3) is 2.55. The maximum Gasteiger partial charge on any atom is 0.123 e. The van der Waals surface area contributed by atoms with Crippen LogP contribution in [-0.2, 0) is 0 Å². The van der Waals surface area contributed by atoms with Gasteiger partial charge in [-0.15, -0.1) is 0 Å². The van der Waals surface area contributed by atoms with Gasteiger partial charge in [0.2, 0.25) is 0 Å². The molecule has 0 bridgehead atoms. The van der Waals surface area contributed by atoms with Gasteiger partial charge >= 0.3 is 0 Å². The average Bonchev–Trinajstić information content (AvgIpc) is 2.41. The molecule has 0 radical (unpaired) electrons. The van der Waals surface area contributed by atoms with Crippen molar-refractivity contribution < 1.29 is 4.39 Å². The number of aromatic nitrogens is 1. The van der Waals surface area contributed by atoms with Crippen LogP contribution in [0.15, 0.2) is 48.8 Å². The normalized spacial score (nSPS) is 11.6. The van der Waals surface area contributed by atoms with Crippen molar-refractivity contribution in [3.63, 3.8) is 0 Å². The van der Waals surface area contributed by atoms with Gasteiger partial charge in [0.05, 0.1) is 10.6 Å². The molecule has 0 aliphatic rings. The van der Waals surface area contributed by atoms with E-state index in [1.165, 1.54) is 12.1 Å². The molecule has 18 heavy (non-hydrogen) atoms. The second-order valence-electron chi connectivity index (χ2n) is 3.55. The zero-order chi connectivity index (χ0) is 13.0. The number of nitriles is 1. The summed E-state index contributed by atoms with van der Waals surface area (Å²) < 4.78 is 13.1. The molecule has 0 atom stereocenters. The zero-order valence-corrected chi connectivity index (χ0v) is 10.0. The quantitative estimate of drug-likeness (QED) is 0.767. The Kier molecular flexibility index (Phi) is 3.71. The Morgan fingerprint density at radius 3 is 2.50 bits per heavy atom. The Morgan fingerprint density at radius 2 is 1.89 bits per heavy atom. The number of benzene rings is 1. The summed E-state index contributed by atoms with van der Waals surface area (Å²) >= 11 is 6.15. The topological polar surface area (TPSA) is 36.7 Å². The van der Waals surface area contributed by atoms with Crippen molar-refractivity contribution in [2.75, 3.05) is 0 Å². The smallest absolute Gasteiger partial charge is 0.123 e. The van der Waals surface area contributed by atoms with Gasteiger partial charge in [0.25, 0.3) is 0 Å². The van der Waals surface area contributed by atoms with Gasteiger partial charge in [0.1, 0.15) is 11.9 Å². The molecule has 88 valence electrons. The minimum Gasteiger partial charge on any atom is -0.265 e. The predicted molar refractivity (Wildman–Crippen MR) is 68.9 cm³/mol. The Balaban J connectivity index is 2.55. The van der Waals surface area contributed by atoms with Crippen LogP contribution in [0.5, 0.6) is 0 Å². The molecule has 0 aliphatic heterocycles. The van der Waals surface area contributed by atoms with Gasteiger partial charge in [-0.1, -0.05) is 23.7 Å². The van der Waals surface area contributed by atoms with Crippen molar-refractivity contribution in [2.24, 2.45) is 0 Å². The highest BCUT2D eigenvalue weighted by Gasteiger charge is 2.09. The number of allylic oxidation sites excluding steroid dienone is 1. The van der Waals surface area contributed by atoms with Gasteiger partial charge < -0.3 is 0 Å². The van der Waals surface area contributed by atoms with Crippen LogP contribution in [0.1, 0.15) is 11.1 Å². The van der Waals surface area contributed by atoms with E-state index in [2.05, 4.69) is 4.98 Å². The fraction of sp³-hybridized carbons (Fsp3) is 0. The molecule has 0 N–H and O–H groups in total. The summed E-state index contributed by atoms with van der Waals surface area (Å²) in [4.78, 5) is 3.87. The number of rotatable bonds is 2. The average molecular weight is 259 g/mol. The van der Waals surface area contributed by atoms with Gasteiger partial charge in [0.15, 0.2) is 0 Å². The largest absolute Gasteiger partial charge is 0.265 e. The molecule has 2 aromatic rings. The minimum atomic E-state index is -0.391. The van der Waals surface area contributed by atoms with Crippen molar-refractivity contribution >= 4 is 22.2 Å². The van der Waals surface area contributed by atoms with Gasteiger partial charge in [-0.05, 0) is 35.4 Å².